The van der Waals surface area contributed by atoms with Crippen molar-refractivity contribution in [3.63, 3.8) is 0 Å². The summed E-state index contributed by atoms with van der Waals surface area (Å²) in [4.78, 5) is 14.6. The third-order valence-electron chi connectivity index (χ3n) is 4.31. The molecule has 2 saturated heterocycles. The van der Waals surface area contributed by atoms with Crippen molar-refractivity contribution in [1.29, 1.82) is 0 Å². The minimum atomic E-state index is -0.452. The Labute approximate surface area is 122 Å². The number of methoxy groups -OCH3 is 1. The molecule has 108 valence electrons. The van der Waals surface area contributed by atoms with E-state index in [9.17, 15) is 9.18 Å². The summed E-state index contributed by atoms with van der Waals surface area (Å²) < 4.78 is 18.4. The van der Waals surface area contributed by atoms with Crippen LogP contribution in [0.5, 0.6) is 5.75 Å². The third-order valence-corrected chi connectivity index (χ3v) is 4.66. The van der Waals surface area contributed by atoms with Gasteiger partial charge in [-0.05, 0) is 43.9 Å². The molecule has 5 heteroatoms. The summed E-state index contributed by atoms with van der Waals surface area (Å²) in [7, 11) is 1.40. The molecular formula is C15H17ClFNO2. The zero-order chi connectivity index (χ0) is 14.3. The number of ether oxygens (including phenoxy) is 1. The second-order valence-corrected chi connectivity index (χ2v) is 6.13. The zero-order valence-corrected chi connectivity index (χ0v) is 12.1. The molecule has 2 unspecified atom stereocenters. The van der Waals surface area contributed by atoms with E-state index in [1.807, 2.05) is 4.90 Å². The summed E-state index contributed by atoms with van der Waals surface area (Å²) in [6.45, 7) is 0. The Kier molecular flexibility index (Phi) is 3.59. The van der Waals surface area contributed by atoms with Crippen molar-refractivity contribution in [2.45, 2.75) is 43.1 Å². The molecule has 3 rings (SSSR count). The van der Waals surface area contributed by atoms with Crippen LogP contribution < -0.4 is 4.74 Å². The highest BCUT2D eigenvalue weighted by atomic mass is 35.5. The number of benzene rings is 1. The molecule has 0 aromatic heterocycles. The molecular weight excluding hydrogens is 281 g/mol. The summed E-state index contributed by atoms with van der Waals surface area (Å²) in [5.74, 6) is -0.388. The van der Waals surface area contributed by atoms with E-state index in [1.165, 1.54) is 25.3 Å². The number of halogens is 2. The quantitative estimate of drug-likeness (QED) is 0.785. The van der Waals surface area contributed by atoms with Gasteiger partial charge in [0.15, 0.2) is 11.6 Å². The van der Waals surface area contributed by atoms with Crippen molar-refractivity contribution in [3.05, 3.63) is 29.6 Å². The fourth-order valence-electron chi connectivity index (χ4n) is 3.38. The number of rotatable bonds is 2. The SMILES string of the molecule is COc1cc(C(=O)N2C3CCC2CC(Cl)C3)ccc1F. The van der Waals surface area contributed by atoms with Gasteiger partial charge >= 0.3 is 0 Å². The molecule has 0 saturated carbocycles. The highest BCUT2D eigenvalue weighted by Crippen LogP contribution is 2.38. The fourth-order valence-corrected chi connectivity index (χ4v) is 3.80. The normalized spacial score (nSPS) is 28.6. The van der Waals surface area contributed by atoms with Crippen LogP contribution in [0.15, 0.2) is 18.2 Å². The Balaban J connectivity index is 1.86. The average Bonchev–Trinajstić information content (AvgIpc) is 2.70. The number of alkyl halides is 1. The predicted octanol–water partition coefficient (Wildman–Crippen LogP) is 3.21. The minimum absolute atomic E-state index is 0.0423. The number of hydrogen-bond acceptors (Lipinski definition) is 2. The molecule has 2 fully saturated rings. The van der Waals surface area contributed by atoms with Crippen molar-refractivity contribution in [2.75, 3.05) is 7.11 Å². The fraction of sp³-hybridized carbons (Fsp3) is 0.533. The van der Waals surface area contributed by atoms with E-state index in [4.69, 9.17) is 16.3 Å². The van der Waals surface area contributed by atoms with Gasteiger partial charge in [0.05, 0.1) is 7.11 Å². The van der Waals surface area contributed by atoms with Crippen LogP contribution in [0.1, 0.15) is 36.0 Å². The molecule has 1 aromatic carbocycles. The van der Waals surface area contributed by atoms with Crippen LogP contribution in [0, 0.1) is 5.82 Å². The number of piperidine rings is 1. The van der Waals surface area contributed by atoms with E-state index in [2.05, 4.69) is 0 Å². The van der Waals surface area contributed by atoms with Gasteiger partial charge < -0.3 is 9.64 Å². The average molecular weight is 298 g/mol. The van der Waals surface area contributed by atoms with Gasteiger partial charge in [0, 0.05) is 23.0 Å². The second-order valence-electron chi connectivity index (χ2n) is 5.52. The van der Waals surface area contributed by atoms with E-state index in [0.29, 0.717) is 5.56 Å². The minimum Gasteiger partial charge on any atom is -0.494 e. The van der Waals surface area contributed by atoms with E-state index in [1.54, 1.807) is 0 Å². The summed E-state index contributed by atoms with van der Waals surface area (Å²) in [5, 5.41) is 0.166. The van der Waals surface area contributed by atoms with Crippen LogP contribution in [0.4, 0.5) is 4.39 Å². The molecule has 1 aromatic rings. The number of nitrogens with zero attached hydrogens (tertiary/aromatic N) is 1. The molecule has 20 heavy (non-hydrogen) atoms. The van der Waals surface area contributed by atoms with Gasteiger partial charge in [0.25, 0.3) is 5.91 Å². The first-order chi connectivity index (χ1) is 9.60. The van der Waals surface area contributed by atoms with Gasteiger partial charge in [0.1, 0.15) is 0 Å². The monoisotopic (exact) mass is 297 g/mol. The van der Waals surface area contributed by atoms with E-state index in [0.717, 1.165) is 25.7 Å². The van der Waals surface area contributed by atoms with Crippen molar-refractivity contribution in [3.8, 4) is 5.75 Å². The van der Waals surface area contributed by atoms with E-state index >= 15 is 0 Å². The summed E-state index contributed by atoms with van der Waals surface area (Å²) >= 11 is 6.22. The maximum absolute atomic E-state index is 13.4. The topological polar surface area (TPSA) is 29.5 Å². The largest absolute Gasteiger partial charge is 0.494 e. The standard InChI is InChI=1S/C15H17ClFNO2/c1-20-14-6-9(2-5-13(14)17)15(19)18-11-3-4-12(18)8-10(16)7-11/h2,5-6,10-12H,3-4,7-8H2,1H3. The Morgan fingerprint density at radius 3 is 2.60 bits per heavy atom. The molecule has 2 bridgehead atoms. The lowest BCUT2D eigenvalue weighted by Gasteiger charge is -2.37. The van der Waals surface area contributed by atoms with E-state index < -0.39 is 5.82 Å². The maximum Gasteiger partial charge on any atom is 0.254 e. The summed E-state index contributed by atoms with van der Waals surface area (Å²) in [6.07, 6.45) is 3.72. The molecule has 0 radical (unpaired) electrons. The first-order valence-electron chi connectivity index (χ1n) is 6.90. The van der Waals surface area contributed by atoms with Crippen molar-refractivity contribution < 1.29 is 13.9 Å². The van der Waals surface area contributed by atoms with Gasteiger partial charge in [0.2, 0.25) is 0 Å². The molecule has 1 amide bonds. The Bertz CT molecular complexity index is 523. The number of fused-ring (bicyclic) bond motifs is 2. The van der Waals surface area contributed by atoms with Crippen molar-refractivity contribution in [1.82, 2.24) is 4.90 Å². The maximum atomic E-state index is 13.4. The molecule has 2 aliphatic rings. The van der Waals surface area contributed by atoms with Crippen LogP contribution in [0.2, 0.25) is 0 Å². The van der Waals surface area contributed by atoms with Crippen molar-refractivity contribution >= 4 is 17.5 Å². The highest BCUT2D eigenvalue weighted by molar-refractivity contribution is 6.20. The van der Waals surface area contributed by atoms with E-state index in [-0.39, 0.29) is 29.1 Å². The zero-order valence-electron chi connectivity index (χ0n) is 11.3. The van der Waals surface area contributed by atoms with Crippen LogP contribution in [-0.2, 0) is 0 Å². The Morgan fingerprint density at radius 1 is 1.35 bits per heavy atom. The van der Waals surface area contributed by atoms with Gasteiger partial charge in [-0.1, -0.05) is 0 Å². The lowest BCUT2D eigenvalue weighted by molar-refractivity contribution is 0.0599. The number of amides is 1. The van der Waals surface area contributed by atoms with Gasteiger partial charge in [-0.2, -0.15) is 0 Å². The first kappa shape index (κ1) is 13.7. The molecule has 0 aliphatic carbocycles. The number of carbonyl (C=O) groups excluding carboxylic acids is 1. The Hall–Kier alpha value is -1.29. The molecule has 2 aliphatic heterocycles. The second kappa shape index (κ2) is 5.24. The predicted molar refractivity (Wildman–Crippen MR) is 74.8 cm³/mol. The molecule has 2 atom stereocenters. The van der Waals surface area contributed by atoms with Gasteiger partial charge in [-0.25, -0.2) is 4.39 Å². The van der Waals surface area contributed by atoms with Crippen LogP contribution >= 0.6 is 11.6 Å². The highest BCUT2D eigenvalue weighted by Gasteiger charge is 2.42. The molecule has 3 nitrogen and oxygen atoms in total. The molecule has 0 N–H and O–H groups in total. The molecule has 0 spiro atoms. The number of carbonyl (C=O) groups is 1. The van der Waals surface area contributed by atoms with Crippen LogP contribution in [-0.4, -0.2) is 35.4 Å². The summed E-state index contributed by atoms with van der Waals surface area (Å²) in [5.41, 5.74) is 0.480. The van der Waals surface area contributed by atoms with Crippen LogP contribution in [0.3, 0.4) is 0 Å². The summed E-state index contributed by atoms with van der Waals surface area (Å²) in [6, 6.07) is 4.72. The number of hydrogen-bond donors (Lipinski definition) is 0. The van der Waals surface area contributed by atoms with Gasteiger partial charge in [-0.3, -0.25) is 4.79 Å². The molecule has 2 heterocycles. The van der Waals surface area contributed by atoms with Crippen LogP contribution in [0.25, 0.3) is 0 Å². The first-order valence-corrected chi connectivity index (χ1v) is 7.34. The Morgan fingerprint density at radius 2 is 2.00 bits per heavy atom. The lowest BCUT2D eigenvalue weighted by Crippen LogP contribution is -2.46. The smallest absolute Gasteiger partial charge is 0.254 e. The third kappa shape index (κ3) is 2.26. The van der Waals surface area contributed by atoms with Crippen molar-refractivity contribution in [2.24, 2.45) is 0 Å². The van der Waals surface area contributed by atoms with Gasteiger partial charge in [-0.15, -0.1) is 11.6 Å². The lowest BCUT2D eigenvalue weighted by atomic mass is 10.0.